The number of hydrogen-bond acceptors (Lipinski definition) is 3. The van der Waals surface area contributed by atoms with E-state index in [1.54, 1.807) is 0 Å². The molecule has 37 heavy (non-hydrogen) atoms. The Kier molecular flexibility index (Phi) is 10.8. The van der Waals surface area contributed by atoms with Gasteiger partial charge in [0, 0.05) is 30.5 Å². The summed E-state index contributed by atoms with van der Waals surface area (Å²) in [6.45, 7) is 12.8. The molecule has 0 aliphatic heterocycles. The van der Waals surface area contributed by atoms with Crippen molar-refractivity contribution >= 4 is 30.2 Å². The summed E-state index contributed by atoms with van der Waals surface area (Å²) in [5, 5.41) is 1.05. The minimum atomic E-state index is -2.05. The van der Waals surface area contributed by atoms with Crippen LogP contribution in [0.2, 0.25) is 18.1 Å². The normalized spacial score (nSPS) is 25.7. The molecule has 2 aliphatic rings. The van der Waals surface area contributed by atoms with Crippen LogP contribution in [0.1, 0.15) is 64.5 Å². The molecule has 5 atom stereocenters. The molecule has 0 N–H and O–H groups in total. The molecule has 6 heteroatoms. The molecule has 0 amide bonds. The standard InChI is InChI=1S/C31H46BrFO3Si/c1-22(34)35-30-21-28(33)26(27(30)15-9-7-8-12-18-32)16-17-29(36-37(5,6)31(2,3)4)25-19-23-13-10-11-14-24(23)20-25/h7,9-11,13-14,16-17,25-30H,8,12,15,18-21H2,1-6H3/b9-7-,17-16+/t26-,27-,28+,29?,30+/m1/s1. The molecule has 0 spiro atoms. The first kappa shape index (κ1) is 30.3. The zero-order valence-electron chi connectivity index (χ0n) is 23.5. The van der Waals surface area contributed by atoms with Crippen LogP contribution in [0.3, 0.4) is 0 Å². The average Bonchev–Trinajstić information content (AvgIpc) is 3.36. The Morgan fingerprint density at radius 2 is 1.84 bits per heavy atom. The maximum absolute atomic E-state index is 15.4. The van der Waals surface area contributed by atoms with Crippen molar-refractivity contribution in [2.24, 2.45) is 17.8 Å². The van der Waals surface area contributed by atoms with Crippen LogP contribution in [0.5, 0.6) is 0 Å². The molecule has 2 aliphatic carbocycles. The van der Waals surface area contributed by atoms with Gasteiger partial charge in [0.1, 0.15) is 12.3 Å². The van der Waals surface area contributed by atoms with Crippen molar-refractivity contribution in [3.8, 4) is 0 Å². The molecule has 1 fully saturated rings. The van der Waals surface area contributed by atoms with E-state index in [2.05, 4.69) is 98.4 Å². The highest BCUT2D eigenvalue weighted by atomic mass is 79.9. The zero-order chi connectivity index (χ0) is 27.2. The van der Waals surface area contributed by atoms with Gasteiger partial charge >= 0.3 is 5.97 Å². The predicted octanol–water partition coefficient (Wildman–Crippen LogP) is 8.38. The van der Waals surface area contributed by atoms with Crippen LogP contribution >= 0.6 is 15.9 Å². The number of unbranched alkanes of at least 4 members (excludes halogenated alkanes) is 1. The van der Waals surface area contributed by atoms with Gasteiger partial charge in [-0.3, -0.25) is 4.79 Å². The third-order valence-corrected chi connectivity index (χ3v) is 13.6. The van der Waals surface area contributed by atoms with Gasteiger partial charge in [-0.1, -0.05) is 85.3 Å². The van der Waals surface area contributed by atoms with E-state index in [1.165, 1.54) is 18.1 Å². The van der Waals surface area contributed by atoms with E-state index in [-0.39, 0.29) is 35.4 Å². The van der Waals surface area contributed by atoms with Crippen LogP contribution < -0.4 is 0 Å². The fourth-order valence-electron chi connectivity index (χ4n) is 5.43. The van der Waals surface area contributed by atoms with Gasteiger partial charge in [-0.15, -0.1) is 0 Å². The Morgan fingerprint density at radius 3 is 2.41 bits per heavy atom. The number of benzene rings is 1. The lowest BCUT2D eigenvalue weighted by molar-refractivity contribution is -0.148. The number of fused-ring (bicyclic) bond motifs is 1. The first-order valence-corrected chi connectivity index (χ1v) is 17.9. The van der Waals surface area contributed by atoms with Crippen molar-refractivity contribution in [3.05, 3.63) is 59.7 Å². The van der Waals surface area contributed by atoms with Crippen LogP contribution in [0.15, 0.2) is 48.6 Å². The monoisotopic (exact) mass is 592 g/mol. The van der Waals surface area contributed by atoms with Crippen molar-refractivity contribution in [1.82, 2.24) is 0 Å². The second-order valence-electron chi connectivity index (χ2n) is 12.3. The predicted molar refractivity (Wildman–Crippen MR) is 157 cm³/mol. The molecule has 0 aromatic heterocycles. The number of esters is 1. The summed E-state index contributed by atoms with van der Waals surface area (Å²) in [6, 6.07) is 8.66. The van der Waals surface area contributed by atoms with Crippen LogP contribution in [0.25, 0.3) is 0 Å². The van der Waals surface area contributed by atoms with Gasteiger partial charge in [0.25, 0.3) is 0 Å². The SMILES string of the molecule is CC(=O)O[C@H]1C[C@H](F)[C@H](/C=C/C(O[Si](C)(C)C(C)(C)C)C2Cc3ccccc3C2)[C@H]1C/C=C\CCCBr. The largest absolute Gasteiger partial charge is 0.462 e. The lowest BCUT2D eigenvalue weighted by Gasteiger charge is -2.40. The Bertz CT molecular complexity index is 929. The molecule has 1 aromatic carbocycles. The van der Waals surface area contributed by atoms with E-state index in [0.29, 0.717) is 12.3 Å². The van der Waals surface area contributed by atoms with Crippen LogP contribution in [0.4, 0.5) is 4.39 Å². The van der Waals surface area contributed by atoms with Crippen molar-refractivity contribution in [2.75, 3.05) is 5.33 Å². The summed E-state index contributed by atoms with van der Waals surface area (Å²) < 4.78 is 28.0. The van der Waals surface area contributed by atoms with Gasteiger partial charge in [-0.05, 0) is 67.3 Å². The minimum absolute atomic E-state index is 0.0651. The quantitative estimate of drug-likeness (QED) is 0.0850. The molecule has 1 aromatic rings. The highest BCUT2D eigenvalue weighted by Gasteiger charge is 2.45. The fourth-order valence-corrected chi connectivity index (χ4v) is 7.06. The molecule has 0 radical (unpaired) electrons. The number of alkyl halides is 2. The van der Waals surface area contributed by atoms with E-state index in [1.807, 2.05) is 0 Å². The molecular weight excluding hydrogens is 547 g/mol. The summed E-state index contributed by atoms with van der Waals surface area (Å²) in [7, 11) is -2.05. The Labute approximate surface area is 233 Å². The fraction of sp³-hybridized carbons (Fsp3) is 0.645. The van der Waals surface area contributed by atoms with Crippen molar-refractivity contribution < 1.29 is 18.3 Å². The molecule has 0 heterocycles. The lowest BCUT2D eigenvalue weighted by Crippen LogP contribution is -2.45. The number of halogens is 2. The Hall–Kier alpha value is -1.24. The molecular formula is C31H46BrFO3Si. The summed E-state index contributed by atoms with van der Waals surface area (Å²) in [5.41, 5.74) is 2.80. The molecule has 3 nitrogen and oxygen atoms in total. The van der Waals surface area contributed by atoms with Gasteiger partial charge in [0.2, 0.25) is 0 Å². The molecule has 0 saturated heterocycles. The summed E-state index contributed by atoms with van der Waals surface area (Å²) in [5.74, 6) is -0.351. The van der Waals surface area contributed by atoms with E-state index in [4.69, 9.17) is 9.16 Å². The van der Waals surface area contributed by atoms with Gasteiger partial charge < -0.3 is 9.16 Å². The van der Waals surface area contributed by atoms with E-state index in [9.17, 15) is 4.79 Å². The van der Waals surface area contributed by atoms with Crippen LogP contribution in [-0.4, -0.2) is 38.0 Å². The second-order valence-corrected chi connectivity index (χ2v) is 17.9. The Balaban J connectivity index is 1.84. The molecule has 1 saturated carbocycles. The minimum Gasteiger partial charge on any atom is -0.462 e. The third kappa shape index (κ3) is 8.12. The first-order chi connectivity index (χ1) is 17.4. The van der Waals surface area contributed by atoms with Gasteiger partial charge in [-0.2, -0.15) is 0 Å². The molecule has 1 unspecified atom stereocenters. The number of carbonyl (C=O) groups is 1. The number of hydrogen-bond donors (Lipinski definition) is 0. The third-order valence-electron chi connectivity index (χ3n) is 8.55. The van der Waals surface area contributed by atoms with Crippen molar-refractivity contribution in [2.45, 2.75) is 103 Å². The second kappa shape index (κ2) is 13.2. The van der Waals surface area contributed by atoms with Crippen LogP contribution in [0, 0.1) is 17.8 Å². The molecule has 0 bridgehead atoms. The zero-order valence-corrected chi connectivity index (χ0v) is 26.1. The van der Waals surface area contributed by atoms with Crippen molar-refractivity contribution in [3.63, 3.8) is 0 Å². The topological polar surface area (TPSA) is 35.5 Å². The lowest BCUT2D eigenvalue weighted by atomic mass is 9.89. The number of ether oxygens (including phenoxy) is 1. The number of rotatable bonds is 11. The first-order valence-electron chi connectivity index (χ1n) is 13.9. The van der Waals surface area contributed by atoms with E-state index >= 15 is 4.39 Å². The average molecular weight is 594 g/mol. The summed E-state index contributed by atoms with van der Waals surface area (Å²) in [4.78, 5) is 11.8. The summed E-state index contributed by atoms with van der Waals surface area (Å²) >= 11 is 3.47. The highest BCUT2D eigenvalue weighted by molar-refractivity contribution is 9.09. The number of allylic oxidation sites excluding steroid dienone is 3. The van der Waals surface area contributed by atoms with Crippen molar-refractivity contribution in [1.29, 1.82) is 0 Å². The Morgan fingerprint density at radius 1 is 1.19 bits per heavy atom. The smallest absolute Gasteiger partial charge is 0.302 e. The van der Waals surface area contributed by atoms with E-state index < -0.39 is 20.6 Å². The summed E-state index contributed by atoms with van der Waals surface area (Å²) in [6.07, 6.45) is 12.0. The molecule has 3 rings (SSSR count). The highest BCUT2D eigenvalue weighted by Crippen LogP contribution is 2.42. The number of carbonyl (C=O) groups excluding carboxylic acids is 1. The van der Waals surface area contributed by atoms with Crippen LogP contribution in [-0.2, 0) is 26.8 Å². The molecule has 206 valence electrons. The van der Waals surface area contributed by atoms with E-state index in [0.717, 1.165) is 31.0 Å². The maximum atomic E-state index is 15.4. The van der Waals surface area contributed by atoms with Gasteiger partial charge in [0.05, 0.1) is 6.10 Å². The van der Waals surface area contributed by atoms with Gasteiger partial charge in [-0.25, -0.2) is 4.39 Å². The van der Waals surface area contributed by atoms with Gasteiger partial charge in [0.15, 0.2) is 8.32 Å². The maximum Gasteiger partial charge on any atom is 0.302 e.